The zero-order chi connectivity index (χ0) is 23.6. The monoisotopic (exact) mass is 455 g/mol. The number of hydrogen-bond donors (Lipinski definition) is 1. The van der Waals surface area contributed by atoms with Crippen molar-refractivity contribution in [2.45, 2.75) is 76.3 Å². The van der Waals surface area contributed by atoms with Crippen molar-refractivity contribution in [1.29, 1.82) is 0 Å². The molecule has 3 fully saturated rings. The molecule has 0 radical (unpaired) electrons. The summed E-state index contributed by atoms with van der Waals surface area (Å²) in [6.45, 7) is 7.41. The summed E-state index contributed by atoms with van der Waals surface area (Å²) in [6, 6.07) is 11.0. The number of aliphatic carboxylic acids is 1. The van der Waals surface area contributed by atoms with E-state index in [0.717, 1.165) is 38.8 Å². The Morgan fingerprint density at radius 3 is 2.36 bits per heavy atom. The van der Waals surface area contributed by atoms with Crippen LogP contribution in [-0.2, 0) is 10.3 Å². The van der Waals surface area contributed by atoms with Gasteiger partial charge in [-0.1, -0.05) is 50.6 Å². The Morgan fingerprint density at radius 1 is 1.15 bits per heavy atom. The summed E-state index contributed by atoms with van der Waals surface area (Å²) in [5, 5.41) is 9.19. The Hall–Kier alpha value is -2.08. The highest BCUT2D eigenvalue weighted by Gasteiger charge is 2.55. The molecule has 0 bridgehead atoms. The molecule has 1 aromatic carbocycles. The molecule has 182 valence electrons. The van der Waals surface area contributed by atoms with Gasteiger partial charge in [-0.2, -0.15) is 0 Å². The summed E-state index contributed by atoms with van der Waals surface area (Å²) in [7, 11) is 2.26. The van der Waals surface area contributed by atoms with Crippen LogP contribution in [0, 0.1) is 11.8 Å². The predicted molar refractivity (Wildman–Crippen MR) is 130 cm³/mol. The number of carbonyl (C=O) groups is 2. The molecule has 3 aliphatic rings. The number of benzene rings is 1. The van der Waals surface area contributed by atoms with Crippen LogP contribution in [0.2, 0.25) is 0 Å². The number of urea groups is 1. The molecule has 0 aromatic heterocycles. The van der Waals surface area contributed by atoms with Crippen LogP contribution in [0.15, 0.2) is 30.3 Å². The van der Waals surface area contributed by atoms with E-state index in [1.807, 2.05) is 4.90 Å². The van der Waals surface area contributed by atoms with Crippen molar-refractivity contribution in [3.8, 4) is 0 Å². The van der Waals surface area contributed by atoms with E-state index >= 15 is 0 Å². The van der Waals surface area contributed by atoms with Crippen LogP contribution in [0.4, 0.5) is 4.79 Å². The van der Waals surface area contributed by atoms with Gasteiger partial charge in [0.05, 0.1) is 12.0 Å². The molecule has 4 rings (SSSR count). The lowest BCUT2D eigenvalue weighted by Crippen LogP contribution is -2.57. The van der Waals surface area contributed by atoms with Crippen molar-refractivity contribution < 1.29 is 14.7 Å². The third kappa shape index (κ3) is 4.77. The summed E-state index contributed by atoms with van der Waals surface area (Å²) in [6.07, 6.45) is 7.66. The minimum absolute atomic E-state index is 0.0174. The summed E-state index contributed by atoms with van der Waals surface area (Å²) >= 11 is 0. The van der Waals surface area contributed by atoms with Crippen molar-refractivity contribution in [3.05, 3.63) is 35.9 Å². The summed E-state index contributed by atoms with van der Waals surface area (Å²) in [5.74, 6) is 0.354. The van der Waals surface area contributed by atoms with Gasteiger partial charge in [0.1, 0.15) is 0 Å². The molecule has 1 N–H and O–H groups in total. The maximum Gasteiger partial charge on any atom is 0.320 e. The van der Waals surface area contributed by atoms with Gasteiger partial charge in [-0.25, -0.2) is 4.79 Å². The summed E-state index contributed by atoms with van der Waals surface area (Å²) in [5.41, 5.74) is 1.19. The maximum absolute atomic E-state index is 13.4. The van der Waals surface area contributed by atoms with Crippen LogP contribution >= 0.6 is 0 Å². The lowest BCUT2D eigenvalue weighted by atomic mass is 9.67. The average molecular weight is 456 g/mol. The van der Waals surface area contributed by atoms with Crippen molar-refractivity contribution in [3.63, 3.8) is 0 Å². The predicted octanol–water partition coefficient (Wildman–Crippen LogP) is 4.79. The number of carboxylic acid groups (broad SMARTS) is 1. The number of nitrogens with zero attached hydrogens (tertiary/aromatic N) is 3. The Balaban J connectivity index is 1.58. The van der Waals surface area contributed by atoms with E-state index in [1.165, 1.54) is 24.8 Å². The standard InChI is InChI=1S/C27H41N3O3/c1-21(2)18-28(3)27(23-10-5-4-6-11-23)15-13-26(14-16-27)20-29(17-12-24(31)32)25(33)30(26)19-22-8-7-9-22/h4-6,10-11,21-22H,7-9,12-20H2,1-3H3,(H,31,32)/t26-,27-. The Kier molecular flexibility index (Phi) is 7.04. The number of hydrogen-bond acceptors (Lipinski definition) is 3. The van der Waals surface area contributed by atoms with Crippen LogP contribution in [0.3, 0.4) is 0 Å². The van der Waals surface area contributed by atoms with Crippen molar-refractivity contribution >= 4 is 12.0 Å². The molecule has 1 aromatic rings. The van der Waals surface area contributed by atoms with Gasteiger partial charge < -0.3 is 14.9 Å². The van der Waals surface area contributed by atoms with Gasteiger partial charge >= 0.3 is 12.0 Å². The minimum Gasteiger partial charge on any atom is -0.481 e. The van der Waals surface area contributed by atoms with E-state index in [4.69, 9.17) is 0 Å². The van der Waals surface area contributed by atoms with Gasteiger partial charge in [0, 0.05) is 31.7 Å². The van der Waals surface area contributed by atoms with Crippen LogP contribution in [0.25, 0.3) is 0 Å². The molecule has 0 atom stereocenters. The number of carboxylic acids is 1. The van der Waals surface area contributed by atoms with Gasteiger partial charge in [-0.15, -0.1) is 0 Å². The Morgan fingerprint density at radius 2 is 1.82 bits per heavy atom. The summed E-state index contributed by atoms with van der Waals surface area (Å²) < 4.78 is 0. The smallest absolute Gasteiger partial charge is 0.320 e. The van der Waals surface area contributed by atoms with Crippen molar-refractivity contribution in [2.75, 3.05) is 33.2 Å². The first-order valence-corrected chi connectivity index (χ1v) is 12.8. The molecule has 6 heteroatoms. The molecule has 1 spiro atoms. The molecular weight excluding hydrogens is 414 g/mol. The second-order valence-corrected chi connectivity index (χ2v) is 11.2. The van der Waals surface area contributed by atoms with E-state index in [2.05, 4.69) is 61.0 Å². The van der Waals surface area contributed by atoms with E-state index in [0.29, 0.717) is 24.9 Å². The van der Waals surface area contributed by atoms with Crippen LogP contribution < -0.4 is 0 Å². The molecule has 2 saturated carbocycles. The number of rotatable bonds is 9. The van der Waals surface area contributed by atoms with Gasteiger partial charge in [0.2, 0.25) is 0 Å². The first-order chi connectivity index (χ1) is 15.8. The highest BCUT2D eigenvalue weighted by Crippen LogP contribution is 2.50. The molecule has 1 saturated heterocycles. The quantitative estimate of drug-likeness (QED) is 0.581. The lowest BCUT2D eigenvalue weighted by molar-refractivity contribution is -0.137. The maximum atomic E-state index is 13.4. The fourth-order valence-electron chi connectivity index (χ4n) is 6.41. The molecule has 1 aliphatic heterocycles. The fourth-order valence-corrected chi connectivity index (χ4v) is 6.41. The van der Waals surface area contributed by atoms with Crippen LogP contribution in [0.1, 0.15) is 70.8 Å². The second kappa shape index (κ2) is 9.65. The zero-order valence-electron chi connectivity index (χ0n) is 20.6. The van der Waals surface area contributed by atoms with Crippen LogP contribution in [0.5, 0.6) is 0 Å². The van der Waals surface area contributed by atoms with Gasteiger partial charge in [0.15, 0.2) is 0 Å². The van der Waals surface area contributed by atoms with E-state index < -0.39 is 5.97 Å². The first-order valence-electron chi connectivity index (χ1n) is 12.8. The number of carbonyl (C=O) groups excluding carboxylic acids is 1. The van der Waals surface area contributed by atoms with Crippen molar-refractivity contribution in [1.82, 2.24) is 14.7 Å². The topological polar surface area (TPSA) is 64.1 Å². The molecule has 33 heavy (non-hydrogen) atoms. The molecular formula is C27H41N3O3. The Labute approximate surface area is 198 Å². The van der Waals surface area contributed by atoms with Gasteiger partial charge in [-0.3, -0.25) is 9.69 Å². The normalized spacial score (nSPS) is 28.2. The van der Waals surface area contributed by atoms with Crippen LogP contribution in [-0.4, -0.2) is 70.6 Å². The third-order valence-corrected chi connectivity index (χ3v) is 8.51. The second-order valence-electron chi connectivity index (χ2n) is 11.2. The van der Waals surface area contributed by atoms with E-state index in [1.54, 1.807) is 0 Å². The zero-order valence-corrected chi connectivity index (χ0v) is 20.6. The Bertz CT molecular complexity index is 828. The van der Waals surface area contributed by atoms with Crippen molar-refractivity contribution in [2.24, 2.45) is 11.8 Å². The van der Waals surface area contributed by atoms with Gasteiger partial charge in [-0.05, 0) is 63.0 Å². The average Bonchev–Trinajstić information content (AvgIpc) is 3.00. The lowest BCUT2D eigenvalue weighted by Gasteiger charge is -2.52. The molecule has 6 nitrogen and oxygen atoms in total. The minimum atomic E-state index is -0.837. The SMILES string of the molecule is CC(C)CN(C)[C@]1(c2ccccc2)CC[C@@]2(CC1)CN(CCC(=O)O)C(=O)N2CC1CCC1. The molecule has 1 heterocycles. The van der Waals surface area contributed by atoms with E-state index in [-0.39, 0.29) is 23.5 Å². The third-order valence-electron chi connectivity index (χ3n) is 8.51. The fraction of sp³-hybridized carbons (Fsp3) is 0.704. The molecule has 2 amide bonds. The summed E-state index contributed by atoms with van der Waals surface area (Å²) in [4.78, 5) is 31.2. The highest BCUT2D eigenvalue weighted by atomic mass is 16.4. The molecule has 0 unspecified atom stereocenters. The largest absolute Gasteiger partial charge is 0.481 e. The first kappa shape index (κ1) is 24.1. The number of amides is 2. The van der Waals surface area contributed by atoms with Gasteiger partial charge in [0.25, 0.3) is 0 Å². The van der Waals surface area contributed by atoms with E-state index in [9.17, 15) is 14.7 Å². The molecule has 2 aliphatic carbocycles. The highest BCUT2D eigenvalue weighted by molar-refractivity contribution is 5.79.